The number of nitrogens with zero attached hydrogens (tertiary/aromatic N) is 1. The van der Waals surface area contributed by atoms with Crippen LogP contribution in [0.25, 0.3) is 0 Å². The Morgan fingerprint density at radius 3 is 2.04 bits per heavy atom. The average Bonchev–Trinajstić information content (AvgIpc) is 3.20. The lowest BCUT2D eigenvalue weighted by atomic mass is 10.3. The molecule has 0 radical (unpaired) electrons. The quantitative estimate of drug-likeness (QED) is 0.715. The van der Waals surface area contributed by atoms with Crippen LogP contribution in [-0.4, -0.2) is 37.5 Å². The van der Waals surface area contributed by atoms with Crippen molar-refractivity contribution in [2.24, 2.45) is 0 Å². The molecule has 0 atom stereocenters. The van der Waals surface area contributed by atoms with Crippen molar-refractivity contribution in [3.05, 3.63) is 48.5 Å². The highest BCUT2D eigenvalue weighted by Gasteiger charge is 2.26. The normalized spacial score (nSPS) is 14.7. The van der Waals surface area contributed by atoms with Gasteiger partial charge >= 0.3 is 0 Å². The second-order valence-electron chi connectivity index (χ2n) is 6.17. The van der Waals surface area contributed by atoms with E-state index < -0.39 is 10.0 Å². The summed E-state index contributed by atoms with van der Waals surface area (Å²) in [4.78, 5) is 0.306. The third kappa shape index (κ3) is 4.97. The summed E-state index contributed by atoms with van der Waals surface area (Å²) in [5.74, 6) is 0.803. The van der Waals surface area contributed by atoms with Crippen molar-refractivity contribution >= 4 is 38.7 Å². The summed E-state index contributed by atoms with van der Waals surface area (Å²) in [6.45, 7) is 3.75. The zero-order valence-electron chi connectivity index (χ0n) is 15.1. The molecule has 0 saturated carbocycles. The van der Waals surface area contributed by atoms with Crippen LogP contribution in [0.2, 0.25) is 0 Å². The molecule has 0 amide bonds. The number of thiocarbonyl (C=S) groups is 1. The van der Waals surface area contributed by atoms with Crippen molar-refractivity contribution in [1.29, 1.82) is 0 Å². The van der Waals surface area contributed by atoms with Gasteiger partial charge in [0.15, 0.2) is 5.11 Å². The molecule has 2 aromatic carbocycles. The van der Waals surface area contributed by atoms with E-state index in [0.29, 0.717) is 29.7 Å². The summed E-state index contributed by atoms with van der Waals surface area (Å²) in [6.07, 6.45) is 1.84. The SMILES string of the molecule is CCOc1ccc(NC(=S)Nc2ccc(S(=O)(=O)N3CCCC3)cc2)cc1. The Labute approximate surface area is 165 Å². The van der Waals surface area contributed by atoms with Crippen LogP contribution in [-0.2, 0) is 10.0 Å². The van der Waals surface area contributed by atoms with E-state index in [1.807, 2.05) is 31.2 Å². The van der Waals surface area contributed by atoms with Gasteiger partial charge in [-0.1, -0.05) is 0 Å². The molecule has 6 nitrogen and oxygen atoms in total. The van der Waals surface area contributed by atoms with Gasteiger partial charge in [0.2, 0.25) is 10.0 Å². The van der Waals surface area contributed by atoms with Crippen LogP contribution < -0.4 is 15.4 Å². The summed E-state index contributed by atoms with van der Waals surface area (Å²) in [5.41, 5.74) is 1.56. The number of benzene rings is 2. The summed E-state index contributed by atoms with van der Waals surface area (Å²) >= 11 is 5.32. The van der Waals surface area contributed by atoms with Crippen LogP contribution >= 0.6 is 12.2 Å². The number of anilines is 2. The lowest BCUT2D eigenvalue weighted by Crippen LogP contribution is -2.27. The van der Waals surface area contributed by atoms with Gasteiger partial charge < -0.3 is 15.4 Å². The molecule has 1 aliphatic rings. The molecule has 0 unspecified atom stereocenters. The predicted molar refractivity (Wildman–Crippen MR) is 112 cm³/mol. The number of hydrogen-bond acceptors (Lipinski definition) is 4. The number of sulfonamides is 1. The second-order valence-corrected chi connectivity index (χ2v) is 8.52. The van der Waals surface area contributed by atoms with Gasteiger partial charge in [0.1, 0.15) is 5.75 Å². The van der Waals surface area contributed by atoms with Crippen LogP contribution in [0.5, 0.6) is 5.75 Å². The first-order chi connectivity index (χ1) is 13.0. The molecular weight excluding hydrogens is 382 g/mol. The molecule has 8 heteroatoms. The fourth-order valence-corrected chi connectivity index (χ4v) is 4.64. The van der Waals surface area contributed by atoms with Crippen molar-refractivity contribution in [3.8, 4) is 5.75 Å². The van der Waals surface area contributed by atoms with Gasteiger partial charge in [0.25, 0.3) is 0 Å². The fourth-order valence-electron chi connectivity index (χ4n) is 2.88. The zero-order valence-corrected chi connectivity index (χ0v) is 16.8. The van der Waals surface area contributed by atoms with Gasteiger partial charge in [-0.15, -0.1) is 0 Å². The average molecular weight is 406 g/mol. The van der Waals surface area contributed by atoms with Gasteiger partial charge in [-0.2, -0.15) is 4.31 Å². The van der Waals surface area contributed by atoms with E-state index in [2.05, 4.69) is 10.6 Å². The Hall–Kier alpha value is -2.16. The minimum Gasteiger partial charge on any atom is -0.494 e. The third-order valence-corrected chi connectivity index (χ3v) is 6.36. The number of ether oxygens (including phenoxy) is 1. The molecule has 1 aliphatic heterocycles. The largest absolute Gasteiger partial charge is 0.494 e. The molecule has 1 heterocycles. The molecule has 1 saturated heterocycles. The van der Waals surface area contributed by atoms with Crippen molar-refractivity contribution in [1.82, 2.24) is 4.31 Å². The van der Waals surface area contributed by atoms with E-state index in [1.165, 1.54) is 4.31 Å². The van der Waals surface area contributed by atoms with E-state index >= 15 is 0 Å². The van der Waals surface area contributed by atoms with Crippen molar-refractivity contribution < 1.29 is 13.2 Å². The van der Waals surface area contributed by atoms with E-state index in [9.17, 15) is 8.42 Å². The molecule has 0 aliphatic carbocycles. The van der Waals surface area contributed by atoms with Crippen LogP contribution in [0.4, 0.5) is 11.4 Å². The topological polar surface area (TPSA) is 70.7 Å². The first-order valence-corrected chi connectivity index (χ1v) is 10.7. The van der Waals surface area contributed by atoms with Gasteiger partial charge in [-0.25, -0.2) is 8.42 Å². The number of hydrogen-bond donors (Lipinski definition) is 2. The monoisotopic (exact) mass is 405 g/mol. The molecule has 3 rings (SSSR count). The Bertz CT molecular complexity index is 875. The summed E-state index contributed by atoms with van der Waals surface area (Å²) < 4.78 is 32.0. The Morgan fingerprint density at radius 1 is 1.00 bits per heavy atom. The van der Waals surface area contributed by atoms with Gasteiger partial charge in [-0.05, 0) is 80.5 Å². The summed E-state index contributed by atoms with van der Waals surface area (Å²) in [6, 6.07) is 14.1. The molecule has 27 heavy (non-hydrogen) atoms. The fraction of sp³-hybridized carbons (Fsp3) is 0.316. The smallest absolute Gasteiger partial charge is 0.243 e. The Kier molecular flexibility index (Phi) is 6.30. The first kappa shape index (κ1) is 19.6. The highest BCUT2D eigenvalue weighted by molar-refractivity contribution is 7.89. The van der Waals surface area contributed by atoms with Crippen LogP contribution in [0, 0.1) is 0 Å². The Balaban J connectivity index is 1.59. The molecule has 144 valence electrons. The van der Waals surface area contributed by atoms with Crippen LogP contribution in [0.3, 0.4) is 0 Å². The lowest BCUT2D eigenvalue weighted by molar-refractivity contribution is 0.340. The van der Waals surface area contributed by atoms with Crippen molar-refractivity contribution in [3.63, 3.8) is 0 Å². The minimum absolute atomic E-state index is 0.306. The van der Waals surface area contributed by atoms with Crippen LogP contribution in [0.15, 0.2) is 53.4 Å². The maximum atomic E-state index is 12.5. The summed E-state index contributed by atoms with van der Waals surface area (Å²) in [5, 5.41) is 6.57. The van der Waals surface area contributed by atoms with E-state index in [4.69, 9.17) is 17.0 Å². The van der Waals surface area contributed by atoms with Gasteiger partial charge in [0.05, 0.1) is 11.5 Å². The number of nitrogens with one attached hydrogen (secondary N) is 2. The summed E-state index contributed by atoms with van der Waals surface area (Å²) in [7, 11) is -3.40. The van der Waals surface area contributed by atoms with Crippen LogP contribution in [0.1, 0.15) is 19.8 Å². The zero-order chi connectivity index (χ0) is 19.3. The molecule has 0 spiro atoms. The second kappa shape index (κ2) is 8.69. The molecule has 0 aromatic heterocycles. The first-order valence-electron chi connectivity index (χ1n) is 8.90. The third-order valence-electron chi connectivity index (χ3n) is 4.24. The number of rotatable bonds is 6. The predicted octanol–water partition coefficient (Wildman–Crippen LogP) is 3.68. The van der Waals surface area contributed by atoms with Crippen molar-refractivity contribution in [2.75, 3.05) is 30.3 Å². The lowest BCUT2D eigenvalue weighted by Gasteiger charge is -2.16. The van der Waals surface area contributed by atoms with Crippen molar-refractivity contribution in [2.45, 2.75) is 24.7 Å². The highest BCUT2D eigenvalue weighted by Crippen LogP contribution is 2.22. The maximum absolute atomic E-state index is 12.5. The highest BCUT2D eigenvalue weighted by atomic mass is 32.2. The molecule has 0 bridgehead atoms. The maximum Gasteiger partial charge on any atom is 0.243 e. The van der Waals surface area contributed by atoms with Gasteiger partial charge in [-0.3, -0.25) is 0 Å². The standard InChI is InChI=1S/C19H23N3O3S2/c1-2-25-17-9-5-15(6-10-17)20-19(26)21-16-7-11-18(12-8-16)27(23,24)22-13-3-4-14-22/h5-12H,2-4,13-14H2,1H3,(H2,20,21,26). The molecule has 1 fully saturated rings. The minimum atomic E-state index is -3.40. The molecule has 2 N–H and O–H groups in total. The molecule has 2 aromatic rings. The van der Waals surface area contributed by atoms with Gasteiger partial charge in [0, 0.05) is 24.5 Å². The van der Waals surface area contributed by atoms with E-state index in [0.717, 1.165) is 30.0 Å². The van der Waals surface area contributed by atoms with E-state index in [1.54, 1.807) is 24.3 Å². The molecular formula is C19H23N3O3S2. The van der Waals surface area contributed by atoms with E-state index in [-0.39, 0.29) is 0 Å². The Morgan fingerprint density at radius 2 is 1.52 bits per heavy atom.